The standard InChI is InChI=1S/C27H21F3N2O2/c28-27(29,30)23-9-3-5-20(15-23)16-26(33)32-31-17-19-11-13-24(14-12-19)34-18-22-8-4-7-21-6-1-2-10-25(21)22/h1-15,17H,16,18H2,(H,32,33)/b31-17-. The summed E-state index contributed by atoms with van der Waals surface area (Å²) in [5, 5.41) is 6.18. The third-order valence-corrected chi connectivity index (χ3v) is 5.18. The number of hydrazone groups is 1. The lowest BCUT2D eigenvalue weighted by atomic mass is 10.1. The van der Waals surface area contributed by atoms with E-state index in [0.717, 1.165) is 34.0 Å². The van der Waals surface area contributed by atoms with Gasteiger partial charge in [0.1, 0.15) is 12.4 Å². The van der Waals surface area contributed by atoms with Crippen LogP contribution in [0.2, 0.25) is 0 Å². The van der Waals surface area contributed by atoms with Gasteiger partial charge in [-0.15, -0.1) is 0 Å². The number of alkyl halides is 3. The molecule has 0 aliphatic rings. The average Bonchev–Trinajstić information content (AvgIpc) is 2.83. The summed E-state index contributed by atoms with van der Waals surface area (Å²) >= 11 is 0. The molecule has 0 bridgehead atoms. The summed E-state index contributed by atoms with van der Waals surface area (Å²) < 4.78 is 44.3. The molecule has 172 valence electrons. The Hall–Kier alpha value is -4.13. The van der Waals surface area contributed by atoms with Gasteiger partial charge in [-0.3, -0.25) is 4.79 Å². The van der Waals surface area contributed by atoms with E-state index in [9.17, 15) is 18.0 Å². The molecule has 0 aliphatic carbocycles. The number of nitrogens with zero attached hydrogens (tertiary/aromatic N) is 1. The zero-order valence-electron chi connectivity index (χ0n) is 18.0. The van der Waals surface area contributed by atoms with Crippen molar-refractivity contribution < 1.29 is 22.7 Å². The number of hydrogen-bond acceptors (Lipinski definition) is 3. The van der Waals surface area contributed by atoms with Crippen molar-refractivity contribution >= 4 is 22.9 Å². The molecule has 1 amide bonds. The van der Waals surface area contributed by atoms with Crippen LogP contribution in [0.4, 0.5) is 13.2 Å². The number of ether oxygens (including phenoxy) is 1. The van der Waals surface area contributed by atoms with Crippen LogP contribution in [0, 0.1) is 0 Å². The Balaban J connectivity index is 1.29. The first-order valence-electron chi connectivity index (χ1n) is 10.6. The highest BCUT2D eigenvalue weighted by Crippen LogP contribution is 2.29. The minimum absolute atomic E-state index is 0.206. The Labute approximate surface area is 194 Å². The van der Waals surface area contributed by atoms with E-state index in [-0.39, 0.29) is 12.0 Å². The normalized spacial score (nSPS) is 11.6. The summed E-state index contributed by atoms with van der Waals surface area (Å²) in [5.41, 5.74) is 3.63. The van der Waals surface area contributed by atoms with Crippen LogP contribution in [-0.2, 0) is 24.0 Å². The van der Waals surface area contributed by atoms with Crippen LogP contribution in [0.15, 0.2) is 96.1 Å². The van der Waals surface area contributed by atoms with Gasteiger partial charge in [0.2, 0.25) is 5.91 Å². The van der Waals surface area contributed by atoms with Crippen molar-refractivity contribution in [1.82, 2.24) is 5.43 Å². The van der Waals surface area contributed by atoms with Crippen molar-refractivity contribution in [2.24, 2.45) is 5.10 Å². The van der Waals surface area contributed by atoms with Crippen LogP contribution in [0.3, 0.4) is 0 Å². The zero-order chi connectivity index (χ0) is 24.0. The van der Waals surface area contributed by atoms with E-state index in [1.807, 2.05) is 24.3 Å². The molecule has 7 heteroatoms. The summed E-state index contributed by atoms with van der Waals surface area (Å²) in [6, 6.07) is 26.1. The SMILES string of the molecule is O=C(Cc1cccc(C(F)(F)F)c1)N/N=C\c1ccc(OCc2cccc3ccccc23)cc1. The number of carbonyl (C=O) groups excluding carboxylic acids is 1. The molecule has 34 heavy (non-hydrogen) atoms. The fourth-order valence-electron chi connectivity index (χ4n) is 3.49. The van der Waals surface area contributed by atoms with Crippen LogP contribution in [0.25, 0.3) is 10.8 Å². The van der Waals surface area contributed by atoms with Gasteiger partial charge in [0.05, 0.1) is 18.2 Å². The molecular weight excluding hydrogens is 441 g/mol. The van der Waals surface area contributed by atoms with Crippen LogP contribution in [0.5, 0.6) is 5.75 Å². The Morgan fingerprint density at radius 1 is 0.912 bits per heavy atom. The van der Waals surface area contributed by atoms with Crippen LogP contribution < -0.4 is 10.2 Å². The van der Waals surface area contributed by atoms with E-state index in [1.54, 1.807) is 24.3 Å². The molecule has 0 saturated heterocycles. The fourth-order valence-corrected chi connectivity index (χ4v) is 3.49. The first kappa shape index (κ1) is 23.0. The molecule has 1 N–H and O–H groups in total. The fraction of sp³-hybridized carbons (Fsp3) is 0.111. The van der Waals surface area contributed by atoms with Crippen molar-refractivity contribution in [2.75, 3.05) is 0 Å². The van der Waals surface area contributed by atoms with Crippen molar-refractivity contribution in [2.45, 2.75) is 19.2 Å². The van der Waals surface area contributed by atoms with Gasteiger partial charge in [0.25, 0.3) is 0 Å². The molecule has 4 aromatic carbocycles. The second-order valence-corrected chi connectivity index (χ2v) is 7.66. The van der Waals surface area contributed by atoms with Crippen LogP contribution in [-0.4, -0.2) is 12.1 Å². The molecule has 0 heterocycles. The van der Waals surface area contributed by atoms with Gasteiger partial charge in [-0.1, -0.05) is 60.7 Å². The maximum atomic E-state index is 12.8. The van der Waals surface area contributed by atoms with Crippen molar-refractivity contribution in [1.29, 1.82) is 0 Å². The topological polar surface area (TPSA) is 50.7 Å². The van der Waals surface area contributed by atoms with Gasteiger partial charge in [-0.25, -0.2) is 5.43 Å². The number of hydrogen-bond donors (Lipinski definition) is 1. The maximum Gasteiger partial charge on any atom is 0.416 e. The lowest BCUT2D eigenvalue weighted by Crippen LogP contribution is -2.20. The number of fused-ring (bicyclic) bond motifs is 1. The summed E-state index contributed by atoms with van der Waals surface area (Å²) in [6.45, 7) is 0.431. The third-order valence-electron chi connectivity index (χ3n) is 5.18. The molecule has 0 atom stereocenters. The average molecular weight is 462 g/mol. The quantitative estimate of drug-likeness (QED) is 0.265. The number of benzene rings is 4. The van der Waals surface area contributed by atoms with Gasteiger partial charge in [0, 0.05) is 0 Å². The van der Waals surface area contributed by atoms with E-state index in [1.165, 1.54) is 18.3 Å². The first-order valence-corrected chi connectivity index (χ1v) is 10.6. The van der Waals surface area contributed by atoms with E-state index in [0.29, 0.717) is 12.4 Å². The molecule has 4 rings (SSSR count). The van der Waals surface area contributed by atoms with Crippen LogP contribution in [0.1, 0.15) is 22.3 Å². The summed E-state index contributed by atoms with van der Waals surface area (Å²) in [6.07, 6.45) is -3.20. The van der Waals surface area contributed by atoms with Gasteiger partial charge >= 0.3 is 6.18 Å². The molecule has 0 saturated carbocycles. The van der Waals surface area contributed by atoms with E-state index in [2.05, 4.69) is 28.7 Å². The number of nitrogens with one attached hydrogen (secondary N) is 1. The van der Waals surface area contributed by atoms with Crippen molar-refractivity contribution in [3.05, 3.63) is 113 Å². The molecular formula is C27H21F3N2O2. The lowest BCUT2D eigenvalue weighted by molar-refractivity contribution is -0.137. The smallest absolute Gasteiger partial charge is 0.416 e. The molecule has 0 aliphatic heterocycles. The first-order chi connectivity index (χ1) is 16.4. The Morgan fingerprint density at radius 2 is 1.65 bits per heavy atom. The summed E-state index contributed by atoms with van der Waals surface area (Å²) in [5.74, 6) is 0.185. The Morgan fingerprint density at radius 3 is 2.44 bits per heavy atom. The zero-order valence-corrected chi connectivity index (χ0v) is 18.0. The molecule has 0 aromatic heterocycles. The van der Waals surface area contributed by atoms with Gasteiger partial charge in [0.15, 0.2) is 0 Å². The highest BCUT2D eigenvalue weighted by atomic mass is 19.4. The molecule has 0 fully saturated rings. The molecule has 0 unspecified atom stereocenters. The highest BCUT2D eigenvalue weighted by molar-refractivity contribution is 5.85. The van der Waals surface area contributed by atoms with E-state index < -0.39 is 17.6 Å². The minimum Gasteiger partial charge on any atom is -0.489 e. The minimum atomic E-state index is -4.45. The number of amides is 1. The predicted molar refractivity (Wildman–Crippen MR) is 126 cm³/mol. The van der Waals surface area contributed by atoms with Gasteiger partial charge in [-0.2, -0.15) is 18.3 Å². The van der Waals surface area contributed by atoms with E-state index in [4.69, 9.17) is 4.74 Å². The summed E-state index contributed by atoms with van der Waals surface area (Å²) in [7, 11) is 0. The van der Waals surface area contributed by atoms with Gasteiger partial charge in [-0.05, 0) is 57.8 Å². The predicted octanol–water partition coefficient (Wildman–Crippen LogP) is 6.13. The summed E-state index contributed by atoms with van der Waals surface area (Å²) in [4.78, 5) is 12.0. The van der Waals surface area contributed by atoms with Crippen molar-refractivity contribution in [3.63, 3.8) is 0 Å². The monoisotopic (exact) mass is 462 g/mol. The maximum absolute atomic E-state index is 12.8. The molecule has 4 aromatic rings. The Kier molecular flexibility index (Phi) is 6.92. The molecule has 0 radical (unpaired) electrons. The second kappa shape index (κ2) is 10.2. The largest absolute Gasteiger partial charge is 0.489 e. The van der Waals surface area contributed by atoms with Gasteiger partial charge < -0.3 is 4.74 Å². The number of carbonyl (C=O) groups is 1. The van der Waals surface area contributed by atoms with Crippen molar-refractivity contribution in [3.8, 4) is 5.75 Å². The number of rotatable bonds is 7. The third kappa shape index (κ3) is 6.01. The lowest BCUT2D eigenvalue weighted by Gasteiger charge is -2.09. The molecule has 0 spiro atoms. The Bertz CT molecular complexity index is 1310. The van der Waals surface area contributed by atoms with Crippen LogP contribution >= 0.6 is 0 Å². The highest BCUT2D eigenvalue weighted by Gasteiger charge is 2.30. The number of halogens is 3. The van der Waals surface area contributed by atoms with E-state index >= 15 is 0 Å². The second-order valence-electron chi connectivity index (χ2n) is 7.66. The molecule has 4 nitrogen and oxygen atoms in total.